The molecule has 3 heteroatoms. The van der Waals surface area contributed by atoms with Crippen molar-refractivity contribution in [2.75, 3.05) is 6.61 Å². The number of allylic oxidation sites excluding steroid dienone is 1. The third-order valence-corrected chi connectivity index (χ3v) is 9.17. The Kier molecular flexibility index (Phi) is 5.40. The van der Waals surface area contributed by atoms with Crippen LogP contribution < -0.4 is 0 Å². The third-order valence-electron chi connectivity index (χ3n) is 4.63. The summed E-state index contributed by atoms with van der Waals surface area (Å²) in [5.41, 5.74) is -0.572. The van der Waals surface area contributed by atoms with Crippen molar-refractivity contribution in [2.45, 2.75) is 64.6 Å². The quantitative estimate of drug-likeness (QED) is 0.334. The van der Waals surface area contributed by atoms with Crippen LogP contribution in [0.4, 0.5) is 0 Å². The second-order valence-corrected chi connectivity index (χ2v) is 11.9. The van der Waals surface area contributed by atoms with Gasteiger partial charge >= 0.3 is 0 Å². The Balaban J connectivity index is 2.52. The summed E-state index contributed by atoms with van der Waals surface area (Å²) in [4.78, 5) is 11.9. The zero-order valence-corrected chi connectivity index (χ0v) is 14.6. The molecule has 2 nitrogen and oxygen atoms in total. The molecule has 0 aliphatic heterocycles. The van der Waals surface area contributed by atoms with Crippen LogP contribution in [0.2, 0.25) is 18.1 Å². The van der Waals surface area contributed by atoms with Gasteiger partial charge in [-0.15, -0.1) is 6.58 Å². The third kappa shape index (κ3) is 3.83. The first-order valence-electron chi connectivity index (χ1n) is 7.45. The number of hydrogen-bond acceptors (Lipinski definition) is 2. The highest BCUT2D eigenvalue weighted by Crippen LogP contribution is 2.37. The minimum Gasteiger partial charge on any atom is -0.416 e. The van der Waals surface area contributed by atoms with Gasteiger partial charge in [0.2, 0.25) is 0 Å². The van der Waals surface area contributed by atoms with Gasteiger partial charge in [-0.25, -0.2) is 0 Å². The first kappa shape index (κ1) is 17.2. The largest absolute Gasteiger partial charge is 0.416 e. The summed E-state index contributed by atoms with van der Waals surface area (Å²) in [5.74, 6) is 6.49. The lowest BCUT2D eigenvalue weighted by Crippen LogP contribution is -2.40. The van der Waals surface area contributed by atoms with Gasteiger partial charge in [0, 0.05) is 19.4 Å². The fraction of sp³-hybridized carbons (Fsp3) is 0.706. The second-order valence-electron chi connectivity index (χ2n) is 7.11. The number of Topliss-reactive ketones (excluding diaryl/α,β-unsaturated/α-hetero) is 1. The molecule has 112 valence electrons. The van der Waals surface area contributed by atoms with Gasteiger partial charge in [-0.05, 0) is 31.0 Å². The monoisotopic (exact) mass is 292 g/mol. The molecule has 0 aromatic heterocycles. The van der Waals surface area contributed by atoms with Crippen LogP contribution in [0, 0.1) is 17.3 Å². The lowest BCUT2D eigenvalue weighted by molar-refractivity contribution is -0.121. The average molecular weight is 292 g/mol. The number of hydrogen-bond donors (Lipinski definition) is 0. The van der Waals surface area contributed by atoms with Gasteiger partial charge in [-0.1, -0.05) is 38.7 Å². The normalized spacial score (nSPS) is 23.4. The Morgan fingerprint density at radius 1 is 1.45 bits per heavy atom. The number of carbonyl (C=O) groups is 1. The van der Waals surface area contributed by atoms with Crippen LogP contribution in [-0.2, 0) is 9.22 Å². The molecule has 1 atom stereocenters. The summed E-state index contributed by atoms with van der Waals surface area (Å²) in [6.45, 7) is 15.6. The molecule has 0 aromatic carbocycles. The molecule has 0 saturated heterocycles. The van der Waals surface area contributed by atoms with Gasteiger partial charge in [0.05, 0.1) is 0 Å². The van der Waals surface area contributed by atoms with Crippen LogP contribution in [0.3, 0.4) is 0 Å². The van der Waals surface area contributed by atoms with E-state index in [-0.39, 0.29) is 10.8 Å². The van der Waals surface area contributed by atoms with E-state index < -0.39 is 13.7 Å². The molecule has 1 rings (SSSR count). The van der Waals surface area contributed by atoms with Gasteiger partial charge in [0.15, 0.2) is 14.1 Å². The van der Waals surface area contributed by atoms with E-state index in [9.17, 15) is 4.79 Å². The van der Waals surface area contributed by atoms with E-state index in [1.807, 2.05) is 0 Å². The van der Waals surface area contributed by atoms with E-state index in [0.717, 1.165) is 12.8 Å². The fourth-order valence-corrected chi connectivity index (χ4v) is 3.13. The van der Waals surface area contributed by atoms with Crippen molar-refractivity contribution in [2.24, 2.45) is 5.41 Å². The Morgan fingerprint density at radius 2 is 2.10 bits per heavy atom. The van der Waals surface area contributed by atoms with Crippen LogP contribution in [0.25, 0.3) is 0 Å². The standard InChI is InChI=1S/C17H28O2Si/c1-7-17(13-10-11-15(17)18)12-8-9-14-19-20(5,6)16(2,3)4/h7H,1,9-11,13-14H2,2-6H3/t17-/m0/s1. The van der Waals surface area contributed by atoms with Crippen molar-refractivity contribution in [3.8, 4) is 11.8 Å². The van der Waals surface area contributed by atoms with Crippen LogP contribution in [0.15, 0.2) is 12.7 Å². The molecule has 0 bridgehead atoms. The van der Waals surface area contributed by atoms with Crippen LogP contribution >= 0.6 is 0 Å². The van der Waals surface area contributed by atoms with Crippen LogP contribution in [-0.4, -0.2) is 20.7 Å². The molecule has 0 N–H and O–H groups in total. The lowest BCUT2D eigenvalue weighted by atomic mass is 9.86. The molecule has 0 amide bonds. The molecule has 0 unspecified atom stereocenters. The van der Waals surface area contributed by atoms with Crippen LogP contribution in [0.1, 0.15) is 46.5 Å². The number of rotatable bonds is 4. The Morgan fingerprint density at radius 3 is 2.55 bits per heavy atom. The van der Waals surface area contributed by atoms with Crippen molar-refractivity contribution in [3.63, 3.8) is 0 Å². The zero-order chi connectivity index (χ0) is 15.4. The molecule has 1 aliphatic carbocycles. The van der Waals surface area contributed by atoms with Crippen LogP contribution in [0.5, 0.6) is 0 Å². The van der Waals surface area contributed by atoms with Crippen molar-refractivity contribution < 1.29 is 9.22 Å². The fourth-order valence-electron chi connectivity index (χ4n) is 2.08. The maximum Gasteiger partial charge on any atom is 0.192 e. The minimum atomic E-state index is -1.68. The van der Waals surface area contributed by atoms with E-state index in [1.165, 1.54) is 0 Å². The first-order valence-corrected chi connectivity index (χ1v) is 10.4. The average Bonchev–Trinajstić information content (AvgIpc) is 2.69. The smallest absolute Gasteiger partial charge is 0.192 e. The molecular weight excluding hydrogens is 264 g/mol. The Bertz CT molecular complexity index is 434. The van der Waals surface area contributed by atoms with E-state index in [4.69, 9.17) is 4.43 Å². The molecule has 0 aromatic rings. The van der Waals surface area contributed by atoms with E-state index in [1.54, 1.807) is 6.08 Å². The molecule has 1 aliphatic rings. The highest BCUT2D eigenvalue weighted by molar-refractivity contribution is 6.74. The predicted octanol–water partition coefficient (Wildman–Crippen LogP) is 4.33. The molecule has 1 fully saturated rings. The summed E-state index contributed by atoms with van der Waals surface area (Å²) >= 11 is 0. The molecule has 0 heterocycles. The number of carbonyl (C=O) groups excluding carboxylic acids is 1. The maximum absolute atomic E-state index is 11.9. The minimum absolute atomic E-state index is 0.226. The summed E-state index contributed by atoms with van der Waals surface area (Å²) in [5, 5.41) is 0.226. The summed E-state index contributed by atoms with van der Waals surface area (Å²) in [6, 6.07) is 0. The van der Waals surface area contributed by atoms with Crippen molar-refractivity contribution in [1.82, 2.24) is 0 Å². The molecule has 20 heavy (non-hydrogen) atoms. The number of ketones is 1. The second kappa shape index (κ2) is 6.28. The van der Waals surface area contributed by atoms with Gasteiger partial charge in [-0.2, -0.15) is 0 Å². The zero-order valence-electron chi connectivity index (χ0n) is 13.6. The topological polar surface area (TPSA) is 26.3 Å². The molecular formula is C17H28O2Si. The van der Waals surface area contributed by atoms with Gasteiger partial charge in [0.25, 0.3) is 0 Å². The van der Waals surface area contributed by atoms with Gasteiger partial charge in [0.1, 0.15) is 5.41 Å². The molecule has 0 radical (unpaired) electrons. The first-order chi connectivity index (χ1) is 9.15. The van der Waals surface area contributed by atoms with Crippen molar-refractivity contribution >= 4 is 14.1 Å². The predicted molar refractivity (Wildman–Crippen MR) is 87.0 cm³/mol. The summed E-state index contributed by atoms with van der Waals surface area (Å²) in [7, 11) is -1.68. The lowest BCUT2D eigenvalue weighted by Gasteiger charge is -2.35. The summed E-state index contributed by atoms with van der Waals surface area (Å²) < 4.78 is 6.08. The Hall–Kier alpha value is -0.853. The maximum atomic E-state index is 11.9. The van der Waals surface area contributed by atoms with Crippen molar-refractivity contribution in [3.05, 3.63) is 12.7 Å². The van der Waals surface area contributed by atoms with E-state index >= 15 is 0 Å². The molecule has 0 spiro atoms. The highest BCUT2D eigenvalue weighted by atomic mass is 28.4. The SMILES string of the molecule is C=C[C@]1(C#CCCO[Si](C)(C)C(C)(C)C)CCCC1=O. The van der Waals surface area contributed by atoms with E-state index in [2.05, 4.69) is 52.3 Å². The summed E-state index contributed by atoms with van der Waals surface area (Å²) in [6.07, 6.45) is 4.81. The van der Waals surface area contributed by atoms with Gasteiger partial charge in [-0.3, -0.25) is 4.79 Å². The molecule has 1 saturated carbocycles. The van der Waals surface area contributed by atoms with Crippen molar-refractivity contribution in [1.29, 1.82) is 0 Å². The highest BCUT2D eigenvalue weighted by Gasteiger charge is 2.38. The van der Waals surface area contributed by atoms with E-state index in [0.29, 0.717) is 19.4 Å². The Labute approximate surface area is 125 Å². The van der Waals surface area contributed by atoms with Gasteiger partial charge < -0.3 is 4.43 Å².